The number of fused-ring (bicyclic) bond motifs is 1. The lowest BCUT2D eigenvalue weighted by Crippen LogP contribution is -2.53. The van der Waals surface area contributed by atoms with E-state index in [2.05, 4.69) is 0 Å². The summed E-state index contributed by atoms with van der Waals surface area (Å²) in [4.78, 5) is 13.9. The molecule has 2 N–H and O–H groups in total. The summed E-state index contributed by atoms with van der Waals surface area (Å²) in [7, 11) is 0. The van der Waals surface area contributed by atoms with Gasteiger partial charge < -0.3 is 15.4 Å². The minimum Gasteiger partial charge on any atom is -0.478 e. The van der Waals surface area contributed by atoms with Gasteiger partial charge in [0.1, 0.15) is 11.6 Å². The summed E-state index contributed by atoms with van der Waals surface area (Å²) in [6.45, 7) is 5.86. The first kappa shape index (κ1) is 13.8. The Labute approximate surface area is 112 Å². The van der Waals surface area contributed by atoms with E-state index in [1.54, 1.807) is 6.07 Å². The Balaban J connectivity index is 2.44. The molecule has 2 rings (SSSR count). The van der Waals surface area contributed by atoms with Gasteiger partial charge in [0.05, 0.1) is 5.69 Å². The lowest BCUT2D eigenvalue weighted by atomic mass is 10.0. The van der Waals surface area contributed by atoms with Gasteiger partial charge in [0, 0.05) is 18.2 Å². The SMILES string of the molecule is CCC1Oc2ccc(F)cc2N(CC(C)(C)N)C1=O. The van der Waals surface area contributed by atoms with Crippen LogP contribution in [0.5, 0.6) is 5.75 Å². The molecule has 4 nitrogen and oxygen atoms in total. The molecule has 1 heterocycles. The van der Waals surface area contributed by atoms with Crippen LogP contribution in [-0.4, -0.2) is 24.1 Å². The molecule has 5 heteroatoms. The molecule has 0 aromatic heterocycles. The zero-order valence-corrected chi connectivity index (χ0v) is 11.4. The number of carbonyl (C=O) groups excluding carboxylic acids is 1. The maximum absolute atomic E-state index is 13.4. The number of anilines is 1. The van der Waals surface area contributed by atoms with E-state index in [9.17, 15) is 9.18 Å². The zero-order valence-electron chi connectivity index (χ0n) is 11.4. The summed E-state index contributed by atoms with van der Waals surface area (Å²) < 4.78 is 19.0. The molecule has 0 radical (unpaired) electrons. The smallest absolute Gasteiger partial charge is 0.268 e. The number of hydrogen-bond donors (Lipinski definition) is 1. The topological polar surface area (TPSA) is 55.6 Å². The fourth-order valence-electron chi connectivity index (χ4n) is 2.13. The number of carbonyl (C=O) groups is 1. The van der Waals surface area contributed by atoms with Crippen LogP contribution in [-0.2, 0) is 4.79 Å². The van der Waals surface area contributed by atoms with Crippen LogP contribution in [0.15, 0.2) is 18.2 Å². The first-order chi connectivity index (χ1) is 8.81. The van der Waals surface area contributed by atoms with Gasteiger partial charge in [-0.1, -0.05) is 6.92 Å². The Morgan fingerprint density at radius 1 is 1.47 bits per heavy atom. The van der Waals surface area contributed by atoms with Gasteiger partial charge in [-0.25, -0.2) is 4.39 Å². The standard InChI is InChI=1S/C14H19FN2O2/c1-4-11-13(18)17(8-14(2,3)16)10-7-9(15)5-6-12(10)19-11/h5-7,11H,4,8,16H2,1-3H3. The Kier molecular flexibility index (Phi) is 3.49. The van der Waals surface area contributed by atoms with Crippen molar-refractivity contribution in [3.8, 4) is 5.75 Å². The minimum absolute atomic E-state index is 0.167. The summed E-state index contributed by atoms with van der Waals surface area (Å²) >= 11 is 0. The largest absolute Gasteiger partial charge is 0.478 e. The van der Waals surface area contributed by atoms with Crippen molar-refractivity contribution in [3.05, 3.63) is 24.0 Å². The van der Waals surface area contributed by atoms with Crippen molar-refractivity contribution in [1.29, 1.82) is 0 Å². The number of halogens is 1. The van der Waals surface area contributed by atoms with E-state index in [0.717, 1.165) is 0 Å². The van der Waals surface area contributed by atoms with Gasteiger partial charge in [-0.2, -0.15) is 0 Å². The van der Waals surface area contributed by atoms with E-state index in [0.29, 0.717) is 24.4 Å². The first-order valence-corrected chi connectivity index (χ1v) is 6.38. The van der Waals surface area contributed by atoms with E-state index in [4.69, 9.17) is 10.5 Å². The Morgan fingerprint density at radius 3 is 2.74 bits per heavy atom. The molecule has 1 unspecified atom stereocenters. The highest BCUT2D eigenvalue weighted by atomic mass is 19.1. The molecule has 104 valence electrons. The van der Waals surface area contributed by atoms with Crippen molar-refractivity contribution in [2.24, 2.45) is 5.73 Å². The van der Waals surface area contributed by atoms with Crippen molar-refractivity contribution in [1.82, 2.24) is 0 Å². The molecule has 1 atom stereocenters. The van der Waals surface area contributed by atoms with Crippen molar-refractivity contribution in [2.45, 2.75) is 38.8 Å². The van der Waals surface area contributed by atoms with Crippen LogP contribution in [0.3, 0.4) is 0 Å². The van der Waals surface area contributed by atoms with Gasteiger partial charge in [-0.05, 0) is 32.4 Å². The van der Waals surface area contributed by atoms with Crippen molar-refractivity contribution < 1.29 is 13.9 Å². The molecular weight excluding hydrogens is 247 g/mol. The third kappa shape index (κ3) is 2.87. The highest BCUT2D eigenvalue weighted by molar-refractivity contribution is 6.00. The Bertz CT molecular complexity index is 497. The number of nitrogens with two attached hydrogens (primary N) is 1. The molecule has 0 saturated carbocycles. The maximum atomic E-state index is 13.4. The average Bonchev–Trinajstić information content (AvgIpc) is 2.31. The van der Waals surface area contributed by atoms with Crippen LogP contribution < -0.4 is 15.4 Å². The minimum atomic E-state index is -0.561. The van der Waals surface area contributed by atoms with Crippen LogP contribution in [0, 0.1) is 5.82 Å². The number of ether oxygens (including phenoxy) is 1. The molecule has 0 fully saturated rings. The average molecular weight is 266 g/mol. The fraction of sp³-hybridized carbons (Fsp3) is 0.500. The van der Waals surface area contributed by atoms with Crippen LogP contribution in [0.25, 0.3) is 0 Å². The molecule has 0 spiro atoms. The molecule has 0 bridgehead atoms. The fourth-order valence-corrected chi connectivity index (χ4v) is 2.13. The molecular formula is C14H19FN2O2. The predicted molar refractivity (Wildman–Crippen MR) is 71.7 cm³/mol. The van der Waals surface area contributed by atoms with Crippen molar-refractivity contribution >= 4 is 11.6 Å². The van der Waals surface area contributed by atoms with E-state index in [1.807, 2.05) is 20.8 Å². The summed E-state index contributed by atoms with van der Waals surface area (Å²) in [6, 6.07) is 4.19. The third-order valence-corrected chi connectivity index (χ3v) is 2.96. The monoisotopic (exact) mass is 266 g/mol. The first-order valence-electron chi connectivity index (χ1n) is 6.38. The summed E-state index contributed by atoms with van der Waals surface area (Å²) in [5.41, 5.74) is 5.87. The van der Waals surface area contributed by atoms with Gasteiger partial charge in [-0.15, -0.1) is 0 Å². The molecule has 1 aromatic carbocycles. The lowest BCUT2D eigenvalue weighted by molar-refractivity contribution is -0.126. The van der Waals surface area contributed by atoms with Crippen LogP contribution >= 0.6 is 0 Å². The number of rotatable bonds is 3. The highest BCUT2D eigenvalue weighted by Crippen LogP contribution is 2.35. The molecule has 1 aliphatic heterocycles. The Hall–Kier alpha value is -1.62. The van der Waals surface area contributed by atoms with E-state index in [-0.39, 0.29) is 5.91 Å². The second-order valence-electron chi connectivity index (χ2n) is 5.54. The highest BCUT2D eigenvalue weighted by Gasteiger charge is 2.35. The predicted octanol–water partition coefficient (Wildman–Crippen LogP) is 2.07. The third-order valence-electron chi connectivity index (χ3n) is 2.96. The summed E-state index contributed by atoms with van der Waals surface area (Å²) in [5, 5.41) is 0. The number of benzene rings is 1. The van der Waals surface area contributed by atoms with Crippen molar-refractivity contribution in [2.75, 3.05) is 11.4 Å². The van der Waals surface area contributed by atoms with Gasteiger partial charge in [0.15, 0.2) is 6.10 Å². The van der Waals surface area contributed by atoms with Crippen molar-refractivity contribution in [3.63, 3.8) is 0 Å². The molecule has 19 heavy (non-hydrogen) atoms. The van der Waals surface area contributed by atoms with Gasteiger partial charge in [0.2, 0.25) is 0 Å². The van der Waals surface area contributed by atoms with Gasteiger partial charge in [-0.3, -0.25) is 4.79 Å². The second-order valence-corrected chi connectivity index (χ2v) is 5.54. The molecule has 0 aliphatic carbocycles. The van der Waals surface area contributed by atoms with Gasteiger partial charge >= 0.3 is 0 Å². The summed E-state index contributed by atoms with van der Waals surface area (Å²) in [5.74, 6) is -0.0406. The van der Waals surface area contributed by atoms with E-state index in [1.165, 1.54) is 17.0 Å². The zero-order chi connectivity index (χ0) is 14.2. The number of hydrogen-bond acceptors (Lipinski definition) is 3. The molecule has 1 aromatic rings. The normalized spacial score (nSPS) is 19.1. The van der Waals surface area contributed by atoms with Crippen LogP contribution in [0.1, 0.15) is 27.2 Å². The quantitative estimate of drug-likeness (QED) is 0.911. The van der Waals surface area contributed by atoms with E-state index < -0.39 is 17.5 Å². The Morgan fingerprint density at radius 2 is 2.16 bits per heavy atom. The lowest BCUT2D eigenvalue weighted by Gasteiger charge is -2.37. The number of nitrogens with zero attached hydrogens (tertiary/aromatic N) is 1. The molecule has 0 saturated heterocycles. The van der Waals surface area contributed by atoms with Crippen LogP contribution in [0.4, 0.5) is 10.1 Å². The van der Waals surface area contributed by atoms with Crippen LogP contribution in [0.2, 0.25) is 0 Å². The number of amides is 1. The summed E-state index contributed by atoms with van der Waals surface area (Å²) in [6.07, 6.45) is 0.0391. The van der Waals surface area contributed by atoms with Gasteiger partial charge in [0.25, 0.3) is 5.91 Å². The maximum Gasteiger partial charge on any atom is 0.268 e. The molecule has 1 aliphatic rings. The second kappa shape index (κ2) is 4.81. The molecule has 1 amide bonds. The van der Waals surface area contributed by atoms with E-state index >= 15 is 0 Å².